The molecule has 1 heterocycles. The molecule has 2 rings (SSSR count). The van der Waals surface area contributed by atoms with Crippen LogP contribution in [0.1, 0.15) is 18.9 Å². The van der Waals surface area contributed by atoms with Crippen molar-refractivity contribution in [2.24, 2.45) is 4.99 Å². The zero-order valence-corrected chi connectivity index (χ0v) is 19.4. The summed E-state index contributed by atoms with van der Waals surface area (Å²) in [4.78, 5) is 6.68. The van der Waals surface area contributed by atoms with Crippen LogP contribution in [-0.2, 0) is 16.4 Å². The van der Waals surface area contributed by atoms with Gasteiger partial charge >= 0.3 is 0 Å². The number of aliphatic imine (C=N–C) groups is 1. The first-order chi connectivity index (χ1) is 12.4. The Kier molecular flexibility index (Phi) is 10.4. The average molecular weight is 510 g/mol. The van der Waals surface area contributed by atoms with Crippen LogP contribution < -0.4 is 15.4 Å². The summed E-state index contributed by atoms with van der Waals surface area (Å²) in [7, 11) is 1.11. The van der Waals surface area contributed by atoms with Crippen molar-refractivity contribution in [3.8, 4) is 5.75 Å². The van der Waals surface area contributed by atoms with E-state index in [-0.39, 0.29) is 41.5 Å². The molecule has 1 saturated heterocycles. The van der Waals surface area contributed by atoms with E-state index < -0.39 is 9.84 Å². The SMILES string of the molecule is CCNC(=NCc1ccccc1OCCN(C)C)NC1CCS(=O)(=O)C1.I. The van der Waals surface area contributed by atoms with Crippen LogP contribution in [0.15, 0.2) is 29.3 Å². The van der Waals surface area contributed by atoms with Crippen LogP contribution in [0.4, 0.5) is 0 Å². The molecule has 7 nitrogen and oxygen atoms in total. The Hall–Kier alpha value is -1.07. The van der Waals surface area contributed by atoms with Crippen LogP contribution in [0.3, 0.4) is 0 Å². The maximum atomic E-state index is 11.6. The van der Waals surface area contributed by atoms with Gasteiger partial charge < -0.3 is 20.3 Å². The Labute approximate surface area is 179 Å². The molecule has 1 fully saturated rings. The van der Waals surface area contributed by atoms with E-state index in [0.29, 0.717) is 32.1 Å². The Morgan fingerprint density at radius 2 is 2.07 bits per heavy atom. The molecule has 1 atom stereocenters. The topological polar surface area (TPSA) is 83.0 Å². The Morgan fingerprint density at radius 3 is 2.70 bits per heavy atom. The molecule has 154 valence electrons. The standard InChI is InChI=1S/C18H30N4O3S.HI/c1-4-19-18(21-16-9-12-26(23,24)14-16)20-13-15-7-5-6-8-17(15)25-11-10-22(2)3;/h5-8,16H,4,9-14H2,1-3H3,(H2,19,20,21);1H. The van der Waals surface area contributed by atoms with Crippen molar-refractivity contribution >= 4 is 39.8 Å². The lowest BCUT2D eigenvalue weighted by Gasteiger charge is -2.16. The summed E-state index contributed by atoms with van der Waals surface area (Å²) in [5, 5.41) is 6.41. The first-order valence-corrected chi connectivity index (χ1v) is 10.8. The maximum Gasteiger partial charge on any atom is 0.191 e. The van der Waals surface area contributed by atoms with Crippen molar-refractivity contribution in [2.45, 2.75) is 25.9 Å². The van der Waals surface area contributed by atoms with Gasteiger partial charge in [0.25, 0.3) is 0 Å². The quantitative estimate of drug-likeness (QED) is 0.314. The highest BCUT2D eigenvalue weighted by atomic mass is 127. The van der Waals surface area contributed by atoms with Gasteiger partial charge in [-0.1, -0.05) is 18.2 Å². The molecular weight excluding hydrogens is 479 g/mol. The second-order valence-corrected chi connectivity index (χ2v) is 8.93. The van der Waals surface area contributed by atoms with Gasteiger partial charge in [0.15, 0.2) is 15.8 Å². The second kappa shape index (κ2) is 11.7. The van der Waals surface area contributed by atoms with Crippen LogP contribution in [0, 0.1) is 0 Å². The molecule has 1 aliphatic rings. The maximum absolute atomic E-state index is 11.6. The largest absolute Gasteiger partial charge is 0.492 e. The first kappa shape index (κ1) is 24.0. The monoisotopic (exact) mass is 510 g/mol. The number of nitrogens with one attached hydrogen (secondary N) is 2. The van der Waals surface area contributed by atoms with Gasteiger partial charge in [-0.2, -0.15) is 0 Å². The molecule has 0 bridgehead atoms. The average Bonchev–Trinajstić information content (AvgIpc) is 2.92. The molecule has 0 amide bonds. The highest BCUT2D eigenvalue weighted by molar-refractivity contribution is 14.0. The van der Waals surface area contributed by atoms with Gasteiger partial charge in [0.1, 0.15) is 12.4 Å². The van der Waals surface area contributed by atoms with Gasteiger partial charge in [-0.3, -0.25) is 0 Å². The molecule has 1 aliphatic heterocycles. The summed E-state index contributed by atoms with van der Waals surface area (Å²) >= 11 is 0. The molecule has 0 spiro atoms. The summed E-state index contributed by atoms with van der Waals surface area (Å²) < 4.78 is 29.1. The van der Waals surface area contributed by atoms with E-state index >= 15 is 0 Å². The number of para-hydroxylation sites is 1. The second-order valence-electron chi connectivity index (χ2n) is 6.70. The molecule has 0 saturated carbocycles. The number of hydrogen-bond donors (Lipinski definition) is 2. The fourth-order valence-electron chi connectivity index (χ4n) is 2.70. The van der Waals surface area contributed by atoms with Crippen LogP contribution in [0.2, 0.25) is 0 Å². The predicted molar refractivity (Wildman–Crippen MR) is 121 cm³/mol. The lowest BCUT2D eigenvalue weighted by Crippen LogP contribution is -2.44. The zero-order valence-electron chi connectivity index (χ0n) is 16.3. The number of sulfone groups is 1. The Morgan fingerprint density at radius 1 is 1.33 bits per heavy atom. The van der Waals surface area contributed by atoms with E-state index in [1.165, 1.54) is 0 Å². The Bertz CT molecular complexity index is 710. The van der Waals surface area contributed by atoms with E-state index in [0.717, 1.165) is 17.9 Å². The fraction of sp³-hybridized carbons (Fsp3) is 0.611. The van der Waals surface area contributed by atoms with Gasteiger partial charge in [-0.25, -0.2) is 13.4 Å². The van der Waals surface area contributed by atoms with Crippen LogP contribution >= 0.6 is 24.0 Å². The highest BCUT2D eigenvalue weighted by Gasteiger charge is 2.28. The number of likely N-dealkylation sites (N-methyl/N-ethyl adjacent to an activating group) is 1. The van der Waals surface area contributed by atoms with E-state index in [1.807, 2.05) is 45.3 Å². The third kappa shape index (κ3) is 8.65. The van der Waals surface area contributed by atoms with Crippen molar-refractivity contribution in [1.29, 1.82) is 0 Å². The fourth-order valence-corrected chi connectivity index (χ4v) is 4.37. The van der Waals surface area contributed by atoms with Crippen molar-refractivity contribution in [1.82, 2.24) is 15.5 Å². The van der Waals surface area contributed by atoms with Crippen molar-refractivity contribution in [3.63, 3.8) is 0 Å². The van der Waals surface area contributed by atoms with E-state index in [9.17, 15) is 8.42 Å². The van der Waals surface area contributed by atoms with E-state index in [1.54, 1.807) is 0 Å². The van der Waals surface area contributed by atoms with Gasteiger partial charge in [0.05, 0.1) is 18.1 Å². The molecular formula is C18H31IN4O3S. The van der Waals surface area contributed by atoms with Crippen LogP contribution in [-0.4, -0.2) is 70.6 Å². The molecule has 0 aromatic heterocycles. The number of nitrogens with zero attached hydrogens (tertiary/aromatic N) is 2. The molecule has 0 aliphatic carbocycles. The molecule has 27 heavy (non-hydrogen) atoms. The predicted octanol–water partition coefficient (Wildman–Crippen LogP) is 1.49. The first-order valence-electron chi connectivity index (χ1n) is 9.00. The third-order valence-electron chi connectivity index (χ3n) is 4.09. The minimum atomic E-state index is -2.92. The molecule has 9 heteroatoms. The number of benzene rings is 1. The summed E-state index contributed by atoms with van der Waals surface area (Å²) in [6.45, 7) is 4.63. The number of guanidine groups is 1. The summed E-state index contributed by atoms with van der Waals surface area (Å²) in [6, 6.07) is 7.78. The van der Waals surface area contributed by atoms with E-state index in [4.69, 9.17) is 4.74 Å². The Balaban J connectivity index is 0.00000364. The van der Waals surface area contributed by atoms with Gasteiger partial charge in [0.2, 0.25) is 0 Å². The number of hydrogen-bond acceptors (Lipinski definition) is 5. The molecule has 1 aromatic carbocycles. The lowest BCUT2D eigenvalue weighted by molar-refractivity contribution is 0.259. The summed E-state index contributed by atoms with van der Waals surface area (Å²) in [6.07, 6.45) is 0.622. The van der Waals surface area contributed by atoms with Crippen LogP contribution in [0.25, 0.3) is 0 Å². The minimum Gasteiger partial charge on any atom is -0.492 e. The highest BCUT2D eigenvalue weighted by Crippen LogP contribution is 2.19. The normalized spacial score (nSPS) is 18.8. The molecule has 2 N–H and O–H groups in total. The van der Waals surface area contributed by atoms with Gasteiger partial charge in [-0.15, -0.1) is 24.0 Å². The zero-order chi connectivity index (χ0) is 19.0. The van der Waals surface area contributed by atoms with Crippen molar-refractivity contribution in [2.75, 3.05) is 45.3 Å². The minimum absolute atomic E-state index is 0. The third-order valence-corrected chi connectivity index (χ3v) is 5.86. The van der Waals surface area contributed by atoms with E-state index in [2.05, 4.69) is 20.5 Å². The molecule has 0 radical (unpaired) electrons. The number of ether oxygens (including phenoxy) is 1. The summed E-state index contributed by atoms with van der Waals surface area (Å²) in [5.74, 6) is 1.88. The van der Waals surface area contributed by atoms with Crippen molar-refractivity contribution < 1.29 is 13.2 Å². The lowest BCUT2D eigenvalue weighted by atomic mass is 10.2. The van der Waals surface area contributed by atoms with Gasteiger partial charge in [-0.05, 0) is 33.5 Å². The summed E-state index contributed by atoms with van der Waals surface area (Å²) in [5.41, 5.74) is 1.00. The van der Waals surface area contributed by atoms with Crippen LogP contribution in [0.5, 0.6) is 5.75 Å². The number of rotatable bonds is 8. The number of halogens is 1. The van der Waals surface area contributed by atoms with Gasteiger partial charge in [0, 0.05) is 24.7 Å². The smallest absolute Gasteiger partial charge is 0.191 e. The molecule has 1 unspecified atom stereocenters. The molecule has 1 aromatic rings. The van der Waals surface area contributed by atoms with Crippen molar-refractivity contribution in [3.05, 3.63) is 29.8 Å².